The van der Waals surface area contributed by atoms with E-state index in [0.29, 0.717) is 0 Å². The van der Waals surface area contributed by atoms with Gasteiger partial charge in [0.1, 0.15) is 0 Å². The van der Waals surface area contributed by atoms with Crippen LogP contribution >= 0.6 is 0 Å². The Morgan fingerprint density at radius 3 is 0.400 bits per heavy atom. The normalized spacial score (nSPS) is 0. The third-order valence-electron chi connectivity index (χ3n) is 0. The van der Waals surface area contributed by atoms with Crippen LogP contribution in [0.15, 0.2) is 0 Å². The predicted octanol–water partition coefficient (Wildman–Crippen LogP) is -1.15. The van der Waals surface area contributed by atoms with Crippen molar-refractivity contribution in [1.82, 2.24) is 0 Å². The second-order valence-electron chi connectivity index (χ2n) is 0. The molecule has 0 aromatic carbocycles. The summed E-state index contributed by atoms with van der Waals surface area (Å²) in [5, 5.41) is 0. The van der Waals surface area contributed by atoms with Crippen molar-refractivity contribution in [2.75, 3.05) is 0 Å². The molecular weight excluding hydrogens is 177 g/mol. The standard InChI is InChI=1S/3Al.2Ti. The molecule has 0 aliphatic carbocycles. The molecule has 0 aliphatic heterocycles. The minimum absolute atomic E-state index is 0. The van der Waals surface area contributed by atoms with E-state index < -0.39 is 0 Å². The Morgan fingerprint density at radius 2 is 0.400 bits per heavy atom. The molecule has 0 aromatic heterocycles. The van der Waals surface area contributed by atoms with Crippen LogP contribution in [0.3, 0.4) is 0 Å². The molecule has 0 atom stereocenters. The van der Waals surface area contributed by atoms with E-state index in [0.717, 1.165) is 0 Å². The molecule has 9 radical (unpaired) electrons. The van der Waals surface area contributed by atoms with Gasteiger partial charge in [0.15, 0.2) is 0 Å². The molecule has 0 saturated heterocycles. The summed E-state index contributed by atoms with van der Waals surface area (Å²) in [6.45, 7) is 0. The summed E-state index contributed by atoms with van der Waals surface area (Å²) in [5.41, 5.74) is 0. The summed E-state index contributed by atoms with van der Waals surface area (Å²) in [6.07, 6.45) is 0. The number of hydrogen-bond donors (Lipinski definition) is 0. The fourth-order valence-electron chi connectivity index (χ4n) is 0. The van der Waals surface area contributed by atoms with Gasteiger partial charge in [0.05, 0.1) is 0 Å². The Bertz CT molecular complexity index is 4.85. The van der Waals surface area contributed by atoms with Crippen molar-refractivity contribution in [3.05, 3.63) is 0 Å². The molecule has 0 heterocycles. The topological polar surface area (TPSA) is 0 Å². The van der Waals surface area contributed by atoms with Gasteiger partial charge in [-0.2, -0.15) is 0 Å². The molecular formula is Al3Ti2. The van der Waals surface area contributed by atoms with Gasteiger partial charge in [-0.1, -0.05) is 0 Å². The minimum Gasteiger partial charge on any atom is 0 e. The van der Waals surface area contributed by atoms with Crippen molar-refractivity contribution in [2.24, 2.45) is 0 Å². The van der Waals surface area contributed by atoms with Gasteiger partial charge in [0, 0.05) is 95.5 Å². The van der Waals surface area contributed by atoms with Gasteiger partial charge < -0.3 is 0 Å². The Hall–Kier alpha value is 3.03. The van der Waals surface area contributed by atoms with Crippen molar-refractivity contribution in [1.29, 1.82) is 0 Å². The molecule has 0 nitrogen and oxygen atoms in total. The Kier molecular flexibility index (Phi) is 241. The first-order valence-corrected chi connectivity index (χ1v) is 0. The van der Waals surface area contributed by atoms with Crippen LogP contribution < -0.4 is 0 Å². The molecule has 5 heteroatoms. The van der Waals surface area contributed by atoms with Crippen LogP contribution in [0.1, 0.15) is 0 Å². The van der Waals surface area contributed by atoms with Crippen molar-refractivity contribution in [2.45, 2.75) is 0 Å². The van der Waals surface area contributed by atoms with Gasteiger partial charge in [0.25, 0.3) is 0 Å². The number of hydrogen-bond acceptors (Lipinski definition) is 0. The molecule has 0 aliphatic rings. The zero-order valence-corrected chi connectivity index (χ0v) is 9.32. The largest absolute Gasteiger partial charge is 0 e. The van der Waals surface area contributed by atoms with Crippen LogP contribution in [0, 0.1) is 0 Å². The van der Waals surface area contributed by atoms with Gasteiger partial charge in [-0.15, -0.1) is 0 Å². The van der Waals surface area contributed by atoms with Gasteiger partial charge in [0.2, 0.25) is 0 Å². The molecule has 0 aromatic rings. The van der Waals surface area contributed by atoms with E-state index in [4.69, 9.17) is 0 Å². The second-order valence-corrected chi connectivity index (χ2v) is 0. The number of rotatable bonds is 0. The Labute approximate surface area is 94.0 Å². The van der Waals surface area contributed by atoms with Gasteiger partial charge in [-0.25, -0.2) is 0 Å². The molecule has 0 rings (SSSR count). The van der Waals surface area contributed by atoms with E-state index in [1.165, 1.54) is 0 Å². The van der Waals surface area contributed by atoms with Crippen molar-refractivity contribution in [3.63, 3.8) is 0 Å². The fraction of sp³-hybridized carbons (Fsp3) is 0. The minimum atomic E-state index is 0. The molecule has 0 spiro atoms. The summed E-state index contributed by atoms with van der Waals surface area (Å²) in [5.74, 6) is 0. The zero-order valence-electron chi connectivity index (χ0n) is 2.73. The fourth-order valence-corrected chi connectivity index (χ4v) is 0. The molecule has 0 unspecified atom stereocenters. The Morgan fingerprint density at radius 1 is 0.400 bits per heavy atom. The van der Waals surface area contributed by atoms with E-state index >= 15 is 0 Å². The average molecular weight is 177 g/mol. The first-order valence-electron chi connectivity index (χ1n) is 0. The molecule has 0 amide bonds. The second kappa shape index (κ2) is 27.9. The summed E-state index contributed by atoms with van der Waals surface area (Å²) < 4.78 is 0. The van der Waals surface area contributed by atoms with E-state index in [9.17, 15) is 0 Å². The SMILES string of the molecule is [Al].[Al].[Al].[Ti].[Ti]. The van der Waals surface area contributed by atoms with E-state index in [1.807, 2.05) is 0 Å². The van der Waals surface area contributed by atoms with Gasteiger partial charge >= 0.3 is 0 Å². The van der Waals surface area contributed by atoms with Gasteiger partial charge in [-0.05, 0) is 0 Å². The molecule has 5 heavy (non-hydrogen) atoms. The molecule has 0 fully saturated rings. The van der Waals surface area contributed by atoms with Crippen LogP contribution in [0.25, 0.3) is 0 Å². The van der Waals surface area contributed by atoms with Crippen LogP contribution in [0.4, 0.5) is 0 Å². The third-order valence-corrected chi connectivity index (χ3v) is 0. The van der Waals surface area contributed by atoms with Crippen molar-refractivity contribution >= 4 is 52.1 Å². The summed E-state index contributed by atoms with van der Waals surface area (Å²) in [4.78, 5) is 0. The quantitative estimate of drug-likeness (QED) is 0.409. The van der Waals surface area contributed by atoms with E-state index in [1.54, 1.807) is 0 Å². The maximum atomic E-state index is 0. The molecule has 0 N–H and O–H groups in total. The van der Waals surface area contributed by atoms with Crippen molar-refractivity contribution < 1.29 is 43.4 Å². The maximum absolute atomic E-state index is 0. The zero-order chi connectivity index (χ0) is 0. The first-order chi connectivity index (χ1) is 0. The van der Waals surface area contributed by atoms with Crippen LogP contribution in [0.5, 0.6) is 0 Å². The smallest absolute Gasteiger partial charge is 0 e. The third kappa shape index (κ3) is 19.4. The summed E-state index contributed by atoms with van der Waals surface area (Å²) >= 11 is 0. The van der Waals surface area contributed by atoms with Crippen LogP contribution in [-0.2, 0) is 43.4 Å². The molecule has 0 saturated carbocycles. The van der Waals surface area contributed by atoms with Crippen LogP contribution in [0.2, 0.25) is 0 Å². The van der Waals surface area contributed by atoms with Crippen molar-refractivity contribution in [3.8, 4) is 0 Å². The first kappa shape index (κ1) is 43.3. The maximum Gasteiger partial charge on any atom is 0 e. The van der Waals surface area contributed by atoms with E-state index in [-0.39, 0.29) is 95.5 Å². The summed E-state index contributed by atoms with van der Waals surface area (Å²) in [6, 6.07) is 0. The molecule has 17 valence electrons. The van der Waals surface area contributed by atoms with E-state index in [2.05, 4.69) is 0 Å². The average Bonchev–Trinajstić information content (AvgIpc) is 0. The monoisotopic (exact) mass is 177 g/mol. The van der Waals surface area contributed by atoms with Gasteiger partial charge in [-0.3, -0.25) is 0 Å². The summed E-state index contributed by atoms with van der Waals surface area (Å²) in [7, 11) is 0. The predicted molar refractivity (Wildman–Crippen MR) is 17.3 cm³/mol. The Balaban J connectivity index is 0. The van der Waals surface area contributed by atoms with Crippen LogP contribution in [-0.4, -0.2) is 52.1 Å². The molecule has 0 bridgehead atoms.